The number of allylic oxidation sites excluding steroid dienone is 2. The molecule has 0 bridgehead atoms. The molecule has 0 aromatic heterocycles. The van der Waals surface area contributed by atoms with Crippen molar-refractivity contribution in [1.82, 2.24) is 4.90 Å². The van der Waals surface area contributed by atoms with Crippen molar-refractivity contribution < 1.29 is 33.8 Å². The van der Waals surface area contributed by atoms with Crippen molar-refractivity contribution in [2.75, 3.05) is 27.2 Å². The number of carbonyl (C=O) groups is 4. The lowest BCUT2D eigenvalue weighted by Gasteiger charge is -2.61. The summed E-state index contributed by atoms with van der Waals surface area (Å²) in [6.45, 7) is 16.0. The molecule has 1 N–H and O–H groups in total. The van der Waals surface area contributed by atoms with Gasteiger partial charge in [-0.2, -0.15) is 0 Å². The zero-order valence-corrected chi connectivity index (χ0v) is 28.0. The van der Waals surface area contributed by atoms with E-state index in [1.807, 2.05) is 13.0 Å². The molecule has 5 rings (SSSR count). The van der Waals surface area contributed by atoms with Crippen LogP contribution in [0.15, 0.2) is 24.3 Å². The van der Waals surface area contributed by atoms with Gasteiger partial charge in [0.15, 0.2) is 11.6 Å². The van der Waals surface area contributed by atoms with Crippen molar-refractivity contribution in [1.29, 1.82) is 0 Å². The van der Waals surface area contributed by atoms with E-state index in [0.29, 0.717) is 18.3 Å². The third-order valence-corrected chi connectivity index (χ3v) is 13.5. The molecule has 0 heterocycles. The summed E-state index contributed by atoms with van der Waals surface area (Å²) < 4.78 is 11.4. The lowest BCUT2D eigenvalue weighted by atomic mass is 9.43. The van der Waals surface area contributed by atoms with E-state index in [-0.39, 0.29) is 69.9 Å². The number of carbonyl (C=O) groups excluding carboxylic acids is 4. The van der Waals surface area contributed by atoms with Gasteiger partial charge in [0, 0.05) is 24.7 Å². The lowest BCUT2D eigenvalue weighted by Crippen LogP contribution is -2.56. The number of ether oxygens (including phenoxy) is 2. The van der Waals surface area contributed by atoms with Crippen LogP contribution < -0.4 is 0 Å². The Morgan fingerprint density at radius 3 is 2.45 bits per heavy atom. The SMILES string of the molecule is C=C(C(=O)[C@H](O)C(C)[C@H]1[C@@H](OC(C)=O)C[C@@]2(C)[C@@H]3CC[C@H]4[C@H](C)C(=O)C=CC45CC35CC[C@]12C)[C@@H](C)COC(=O)CN(C)C. The van der Waals surface area contributed by atoms with Crippen molar-refractivity contribution in [3.63, 3.8) is 0 Å². The molecule has 0 radical (unpaired) electrons. The molecular weight excluding hydrogens is 558 g/mol. The Morgan fingerprint density at radius 1 is 1.14 bits per heavy atom. The second-order valence-corrected chi connectivity index (χ2v) is 15.9. The molecule has 44 heavy (non-hydrogen) atoms. The third-order valence-electron chi connectivity index (χ3n) is 13.5. The quantitative estimate of drug-likeness (QED) is 0.278. The van der Waals surface area contributed by atoms with Gasteiger partial charge in [-0.1, -0.05) is 47.3 Å². The number of rotatable bonds is 10. The first-order valence-electron chi connectivity index (χ1n) is 16.6. The monoisotopic (exact) mass is 611 g/mol. The van der Waals surface area contributed by atoms with Crippen LogP contribution in [-0.4, -0.2) is 73.0 Å². The molecule has 4 saturated carbocycles. The maximum Gasteiger partial charge on any atom is 0.320 e. The minimum absolute atomic E-state index is 0.0127. The zero-order chi connectivity index (χ0) is 32.6. The zero-order valence-electron chi connectivity index (χ0n) is 28.0. The highest BCUT2D eigenvalue weighted by Gasteiger charge is 2.81. The number of aliphatic hydroxyl groups is 1. The highest BCUT2D eigenvalue weighted by atomic mass is 16.5. The molecule has 8 heteroatoms. The summed E-state index contributed by atoms with van der Waals surface area (Å²) >= 11 is 0. The van der Waals surface area contributed by atoms with E-state index in [1.54, 1.807) is 25.9 Å². The smallest absolute Gasteiger partial charge is 0.320 e. The molecule has 8 nitrogen and oxygen atoms in total. The fourth-order valence-electron chi connectivity index (χ4n) is 11.1. The molecule has 5 aliphatic carbocycles. The van der Waals surface area contributed by atoms with Gasteiger partial charge in [0.1, 0.15) is 12.2 Å². The summed E-state index contributed by atoms with van der Waals surface area (Å²) in [5.74, 6) is -1.23. The fraction of sp³-hybridized carbons (Fsp3) is 0.778. The standard InChI is InChI=1S/C36H53NO7/c1-20(18-43-29(40)17-37(8)9)21(2)31(41)32(42)23(4)30-27(44-24(5)38)16-34(7)28-11-10-25-22(3)26(39)12-13-35(25)19-36(28,35)15-14-33(30,34)6/h12-13,20,22-23,25,27-28,30,32,42H,2,10-11,14-19H2,1,3-9H3/t20-,22-,23?,25-,27-,28-,30-,32+,33+,34-,35?,36?/m0/s1. The number of aliphatic hydroxyl groups excluding tert-OH is 1. The third kappa shape index (κ3) is 4.76. The van der Waals surface area contributed by atoms with Gasteiger partial charge >= 0.3 is 11.9 Å². The molecule has 0 aliphatic heterocycles. The molecule has 0 amide bonds. The van der Waals surface area contributed by atoms with Crippen molar-refractivity contribution >= 4 is 23.5 Å². The predicted molar refractivity (Wildman–Crippen MR) is 166 cm³/mol. The summed E-state index contributed by atoms with van der Waals surface area (Å²) in [5.41, 5.74) is 0.0231. The van der Waals surface area contributed by atoms with Gasteiger partial charge in [-0.25, -0.2) is 0 Å². The van der Waals surface area contributed by atoms with Crippen LogP contribution in [0.1, 0.15) is 80.1 Å². The van der Waals surface area contributed by atoms with Gasteiger partial charge in [0.05, 0.1) is 13.2 Å². The van der Waals surface area contributed by atoms with Gasteiger partial charge in [-0.15, -0.1) is 0 Å². The van der Waals surface area contributed by atoms with Crippen LogP contribution >= 0.6 is 0 Å². The maximum atomic E-state index is 13.6. The Balaban J connectivity index is 1.38. The molecule has 2 spiro atoms. The van der Waals surface area contributed by atoms with Crippen LogP contribution in [0.3, 0.4) is 0 Å². The average molecular weight is 612 g/mol. The van der Waals surface area contributed by atoms with Gasteiger partial charge in [-0.05, 0) is 104 Å². The number of likely N-dealkylation sites (N-methyl/N-ethyl adjacent to an activating group) is 1. The van der Waals surface area contributed by atoms with Crippen molar-refractivity contribution in [3.05, 3.63) is 24.3 Å². The van der Waals surface area contributed by atoms with Gasteiger partial charge < -0.3 is 14.6 Å². The number of nitrogens with zero attached hydrogens (tertiary/aromatic N) is 1. The van der Waals surface area contributed by atoms with E-state index >= 15 is 0 Å². The van der Waals surface area contributed by atoms with Gasteiger partial charge in [0.25, 0.3) is 0 Å². The molecule has 4 fully saturated rings. The average Bonchev–Trinajstić information content (AvgIpc) is 3.56. The van der Waals surface area contributed by atoms with Crippen LogP contribution in [0.5, 0.6) is 0 Å². The normalized spacial score (nSPS) is 42.2. The first-order chi connectivity index (χ1) is 20.5. The summed E-state index contributed by atoms with van der Waals surface area (Å²) in [7, 11) is 3.55. The highest BCUT2D eigenvalue weighted by Crippen LogP contribution is 2.87. The summed E-state index contributed by atoms with van der Waals surface area (Å²) in [5, 5.41) is 11.6. The van der Waals surface area contributed by atoms with Crippen molar-refractivity contribution in [3.8, 4) is 0 Å². The second kappa shape index (κ2) is 11.2. The Labute approximate surface area is 263 Å². The van der Waals surface area contributed by atoms with Gasteiger partial charge in [-0.3, -0.25) is 24.1 Å². The van der Waals surface area contributed by atoms with E-state index in [4.69, 9.17) is 9.47 Å². The number of ketones is 2. The van der Waals surface area contributed by atoms with E-state index in [0.717, 1.165) is 32.1 Å². The molecule has 0 aromatic rings. The molecule has 0 saturated heterocycles. The Hall–Kier alpha value is -2.32. The topological polar surface area (TPSA) is 110 Å². The second-order valence-electron chi connectivity index (χ2n) is 15.9. The van der Waals surface area contributed by atoms with Crippen LogP contribution in [0.25, 0.3) is 0 Å². The van der Waals surface area contributed by atoms with E-state index in [9.17, 15) is 24.3 Å². The molecule has 3 unspecified atom stereocenters. The molecule has 0 aromatic carbocycles. The van der Waals surface area contributed by atoms with Gasteiger partial charge in [0.2, 0.25) is 0 Å². The molecular formula is C36H53NO7. The number of hydrogen-bond donors (Lipinski definition) is 1. The maximum absolute atomic E-state index is 13.6. The molecule has 12 atom stereocenters. The predicted octanol–water partition coefficient (Wildman–Crippen LogP) is 4.79. The fourth-order valence-corrected chi connectivity index (χ4v) is 11.1. The number of Topliss-reactive ketones (excluding diaryl/α,β-unsaturated/α-hetero) is 1. The van der Waals surface area contributed by atoms with Crippen LogP contribution in [0.4, 0.5) is 0 Å². The van der Waals surface area contributed by atoms with Crippen LogP contribution in [-0.2, 0) is 28.7 Å². The highest BCUT2D eigenvalue weighted by molar-refractivity contribution is 5.98. The van der Waals surface area contributed by atoms with E-state index in [2.05, 4.69) is 33.4 Å². The Kier molecular flexibility index (Phi) is 8.40. The molecule has 5 aliphatic rings. The Morgan fingerprint density at radius 2 is 1.82 bits per heavy atom. The number of hydrogen-bond acceptors (Lipinski definition) is 8. The first-order valence-corrected chi connectivity index (χ1v) is 16.6. The summed E-state index contributed by atoms with van der Waals surface area (Å²) in [6.07, 6.45) is 8.18. The largest absolute Gasteiger partial charge is 0.464 e. The van der Waals surface area contributed by atoms with Crippen molar-refractivity contribution in [2.24, 2.45) is 57.2 Å². The summed E-state index contributed by atoms with van der Waals surface area (Å²) in [4.78, 5) is 52.4. The minimum atomic E-state index is -1.32. The van der Waals surface area contributed by atoms with E-state index < -0.39 is 29.8 Å². The van der Waals surface area contributed by atoms with Crippen molar-refractivity contribution in [2.45, 2.75) is 92.3 Å². The summed E-state index contributed by atoms with van der Waals surface area (Å²) in [6, 6.07) is 0. The Bertz CT molecular complexity index is 1270. The minimum Gasteiger partial charge on any atom is -0.464 e. The van der Waals surface area contributed by atoms with E-state index in [1.165, 1.54) is 6.92 Å². The molecule has 244 valence electrons. The number of esters is 2. The lowest BCUT2D eigenvalue weighted by molar-refractivity contribution is -0.155. The van der Waals surface area contributed by atoms with Crippen LogP contribution in [0.2, 0.25) is 0 Å². The van der Waals surface area contributed by atoms with Crippen LogP contribution in [0, 0.1) is 57.2 Å². The number of fused-ring (bicyclic) bond motifs is 2. The first kappa shape index (κ1) is 33.1.